The Morgan fingerprint density at radius 3 is 2.93 bits per heavy atom. The molecule has 1 aromatic carbocycles. The SMILES string of the molecule is CCC(C)Oc1ccc2c(c1)CCC2=O. The van der Waals surface area contributed by atoms with Crippen LogP contribution in [0.15, 0.2) is 18.2 Å². The fraction of sp³-hybridized carbons (Fsp3) is 0.462. The minimum Gasteiger partial charge on any atom is -0.491 e. The average Bonchev–Trinajstić information content (AvgIpc) is 2.60. The lowest BCUT2D eigenvalue weighted by Crippen LogP contribution is -2.09. The van der Waals surface area contributed by atoms with Crippen molar-refractivity contribution in [1.82, 2.24) is 0 Å². The molecule has 1 aromatic rings. The lowest BCUT2D eigenvalue weighted by Gasteiger charge is -2.13. The van der Waals surface area contributed by atoms with Crippen LogP contribution in [0.1, 0.15) is 42.6 Å². The van der Waals surface area contributed by atoms with E-state index in [4.69, 9.17) is 4.74 Å². The van der Waals surface area contributed by atoms with Crippen LogP contribution in [0.25, 0.3) is 0 Å². The normalized spacial score (nSPS) is 16.3. The van der Waals surface area contributed by atoms with Gasteiger partial charge in [0.05, 0.1) is 6.10 Å². The summed E-state index contributed by atoms with van der Waals surface area (Å²) in [7, 11) is 0. The number of hydrogen-bond acceptors (Lipinski definition) is 2. The van der Waals surface area contributed by atoms with Gasteiger partial charge < -0.3 is 4.74 Å². The summed E-state index contributed by atoms with van der Waals surface area (Å²) in [6.45, 7) is 4.15. The third-order valence-corrected chi connectivity index (χ3v) is 2.91. The third-order valence-electron chi connectivity index (χ3n) is 2.91. The minimum atomic E-state index is 0.236. The highest BCUT2D eigenvalue weighted by Crippen LogP contribution is 2.26. The fourth-order valence-corrected chi connectivity index (χ4v) is 1.82. The molecule has 0 aromatic heterocycles. The van der Waals surface area contributed by atoms with Crippen LogP contribution in [0.3, 0.4) is 0 Å². The maximum Gasteiger partial charge on any atom is 0.163 e. The summed E-state index contributed by atoms with van der Waals surface area (Å²) in [5.41, 5.74) is 2.02. The highest BCUT2D eigenvalue weighted by Gasteiger charge is 2.19. The van der Waals surface area contributed by atoms with Crippen LogP contribution in [0, 0.1) is 0 Å². The Balaban J connectivity index is 2.19. The fourth-order valence-electron chi connectivity index (χ4n) is 1.82. The van der Waals surface area contributed by atoms with Crippen molar-refractivity contribution in [2.75, 3.05) is 0 Å². The Morgan fingerprint density at radius 1 is 1.40 bits per heavy atom. The van der Waals surface area contributed by atoms with E-state index >= 15 is 0 Å². The first-order chi connectivity index (χ1) is 7.20. The lowest BCUT2D eigenvalue weighted by atomic mass is 10.1. The first-order valence-electron chi connectivity index (χ1n) is 5.53. The summed E-state index contributed by atoms with van der Waals surface area (Å²) in [5.74, 6) is 1.15. The quantitative estimate of drug-likeness (QED) is 0.756. The Hall–Kier alpha value is -1.31. The zero-order chi connectivity index (χ0) is 10.8. The van der Waals surface area contributed by atoms with Crippen LogP contribution >= 0.6 is 0 Å². The number of fused-ring (bicyclic) bond motifs is 1. The molecule has 0 spiro atoms. The number of aryl methyl sites for hydroxylation is 1. The van der Waals surface area contributed by atoms with Gasteiger partial charge in [0.15, 0.2) is 5.78 Å². The molecule has 1 atom stereocenters. The Bertz CT molecular complexity index is 382. The van der Waals surface area contributed by atoms with E-state index in [0.717, 1.165) is 29.7 Å². The van der Waals surface area contributed by atoms with Crippen molar-refractivity contribution < 1.29 is 9.53 Å². The van der Waals surface area contributed by atoms with E-state index in [0.29, 0.717) is 6.42 Å². The Labute approximate surface area is 90.3 Å². The number of ether oxygens (including phenoxy) is 1. The van der Waals surface area contributed by atoms with Crippen molar-refractivity contribution in [3.8, 4) is 5.75 Å². The van der Waals surface area contributed by atoms with Crippen molar-refractivity contribution >= 4 is 5.78 Å². The highest BCUT2D eigenvalue weighted by atomic mass is 16.5. The van der Waals surface area contributed by atoms with E-state index in [9.17, 15) is 4.79 Å². The number of hydrogen-bond donors (Lipinski definition) is 0. The number of carbonyl (C=O) groups excluding carboxylic acids is 1. The first-order valence-corrected chi connectivity index (χ1v) is 5.53. The highest BCUT2D eigenvalue weighted by molar-refractivity contribution is 6.00. The average molecular weight is 204 g/mol. The molecule has 0 saturated heterocycles. The molecule has 0 heterocycles. The number of ketones is 1. The zero-order valence-electron chi connectivity index (χ0n) is 9.25. The van der Waals surface area contributed by atoms with Gasteiger partial charge in [-0.1, -0.05) is 6.92 Å². The zero-order valence-corrected chi connectivity index (χ0v) is 9.25. The van der Waals surface area contributed by atoms with Crippen LogP contribution in [0.4, 0.5) is 0 Å². The molecule has 0 bridgehead atoms. The van der Waals surface area contributed by atoms with Gasteiger partial charge in [-0.05, 0) is 43.5 Å². The van der Waals surface area contributed by atoms with Gasteiger partial charge in [-0.3, -0.25) is 4.79 Å². The summed E-state index contributed by atoms with van der Waals surface area (Å²) < 4.78 is 5.71. The van der Waals surface area contributed by atoms with E-state index in [1.807, 2.05) is 18.2 Å². The lowest BCUT2D eigenvalue weighted by molar-refractivity contribution is 0.0994. The maximum atomic E-state index is 11.4. The first kappa shape index (κ1) is 10.2. The monoisotopic (exact) mass is 204 g/mol. The molecule has 0 aliphatic heterocycles. The molecule has 1 aliphatic rings. The van der Waals surface area contributed by atoms with Gasteiger partial charge in [0, 0.05) is 12.0 Å². The largest absolute Gasteiger partial charge is 0.491 e. The summed E-state index contributed by atoms with van der Waals surface area (Å²) in [4.78, 5) is 11.4. The predicted molar refractivity (Wildman–Crippen MR) is 59.5 cm³/mol. The third kappa shape index (κ3) is 2.04. The second kappa shape index (κ2) is 4.05. The van der Waals surface area contributed by atoms with Gasteiger partial charge >= 0.3 is 0 Å². The van der Waals surface area contributed by atoms with Gasteiger partial charge in [-0.15, -0.1) is 0 Å². The summed E-state index contributed by atoms with van der Waals surface area (Å²) in [6.07, 6.45) is 2.75. The smallest absolute Gasteiger partial charge is 0.163 e. The van der Waals surface area contributed by atoms with Crippen molar-refractivity contribution in [3.05, 3.63) is 29.3 Å². The van der Waals surface area contributed by atoms with Crippen LogP contribution in [0.5, 0.6) is 5.75 Å². The second-order valence-electron chi connectivity index (χ2n) is 4.08. The number of benzene rings is 1. The van der Waals surface area contributed by atoms with Crippen LogP contribution in [-0.4, -0.2) is 11.9 Å². The van der Waals surface area contributed by atoms with Crippen LogP contribution in [0.2, 0.25) is 0 Å². The second-order valence-corrected chi connectivity index (χ2v) is 4.08. The molecule has 0 fully saturated rings. The van der Waals surface area contributed by atoms with E-state index in [1.54, 1.807) is 0 Å². The predicted octanol–water partition coefficient (Wildman–Crippen LogP) is 2.99. The van der Waals surface area contributed by atoms with Crippen molar-refractivity contribution in [3.63, 3.8) is 0 Å². The van der Waals surface area contributed by atoms with E-state index in [2.05, 4.69) is 13.8 Å². The molecule has 2 heteroatoms. The van der Waals surface area contributed by atoms with Crippen LogP contribution in [-0.2, 0) is 6.42 Å². The molecule has 1 aliphatic carbocycles. The van der Waals surface area contributed by atoms with E-state index < -0.39 is 0 Å². The molecule has 0 N–H and O–H groups in total. The van der Waals surface area contributed by atoms with Crippen molar-refractivity contribution in [1.29, 1.82) is 0 Å². The van der Waals surface area contributed by atoms with Gasteiger partial charge in [0.25, 0.3) is 0 Å². The molecule has 1 unspecified atom stereocenters. The van der Waals surface area contributed by atoms with Gasteiger partial charge in [-0.25, -0.2) is 0 Å². The van der Waals surface area contributed by atoms with Gasteiger partial charge in [0.2, 0.25) is 0 Å². The minimum absolute atomic E-state index is 0.236. The molecule has 80 valence electrons. The molecular weight excluding hydrogens is 188 g/mol. The Kier molecular flexibility index (Phi) is 2.76. The molecule has 2 rings (SSSR count). The van der Waals surface area contributed by atoms with Gasteiger partial charge in [-0.2, -0.15) is 0 Å². The summed E-state index contributed by atoms with van der Waals surface area (Å²) >= 11 is 0. The van der Waals surface area contributed by atoms with Gasteiger partial charge in [0.1, 0.15) is 5.75 Å². The molecule has 2 nitrogen and oxygen atoms in total. The number of carbonyl (C=O) groups is 1. The van der Waals surface area contributed by atoms with Crippen molar-refractivity contribution in [2.24, 2.45) is 0 Å². The topological polar surface area (TPSA) is 26.3 Å². The maximum absolute atomic E-state index is 11.4. The summed E-state index contributed by atoms with van der Waals surface area (Å²) in [6, 6.07) is 5.79. The molecule has 0 saturated carbocycles. The summed E-state index contributed by atoms with van der Waals surface area (Å²) in [5, 5.41) is 0. The van der Waals surface area contributed by atoms with Crippen molar-refractivity contribution in [2.45, 2.75) is 39.2 Å². The Morgan fingerprint density at radius 2 is 2.20 bits per heavy atom. The molecule has 15 heavy (non-hydrogen) atoms. The molecule has 0 amide bonds. The van der Waals surface area contributed by atoms with E-state index in [-0.39, 0.29) is 11.9 Å². The standard InChI is InChI=1S/C13H16O2/c1-3-9(2)15-11-5-6-12-10(8-11)4-7-13(12)14/h5-6,8-9H,3-4,7H2,1-2H3. The van der Waals surface area contributed by atoms with Crippen LogP contribution < -0.4 is 4.74 Å². The number of Topliss-reactive ketones (excluding diaryl/α,β-unsaturated/α-hetero) is 1. The molecular formula is C13H16O2. The van der Waals surface area contributed by atoms with E-state index in [1.165, 1.54) is 0 Å². The number of rotatable bonds is 3. The molecule has 0 radical (unpaired) electrons.